The number of likely N-dealkylation sites (tertiary alicyclic amines) is 1. The number of aliphatic carboxylic acids is 1. The second kappa shape index (κ2) is 5.26. The molecule has 4 fully saturated rings. The van der Waals surface area contributed by atoms with E-state index in [1.54, 1.807) is 11.0 Å². The first-order valence-corrected chi connectivity index (χ1v) is 7.84. The zero-order chi connectivity index (χ0) is 16.0. The summed E-state index contributed by atoms with van der Waals surface area (Å²) < 4.78 is 11.1. The molecule has 3 saturated heterocycles. The fraction of sp³-hybridized carbons (Fsp3) is 0.750. The fourth-order valence-corrected chi connectivity index (χ4v) is 4.41. The van der Waals surface area contributed by atoms with Gasteiger partial charge >= 0.3 is 12.1 Å². The monoisotopic (exact) mass is 309 g/mol. The highest BCUT2D eigenvalue weighted by Gasteiger charge is 2.71. The summed E-state index contributed by atoms with van der Waals surface area (Å²) in [6, 6.07) is 0. The summed E-state index contributed by atoms with van der Waals surface area (Å²) in [5.74, 6) is -0.538. The van der Waals surface area contributed by atoms with Crippen LogP contribution in [0, 0.1) is 11.3 Å². The zero-order valence-electron chi connectivity index (χ0n) is 12.9. The topological polar surface area (TPSA) is 76.1 Å². The van der Waals surface area contributed by atoms with Gasteiger partial charge in [-0.25, -0.2) is 4.79 Å². The lowest BCUT2D eigenvalue weighted by Crippen LogP contribution is -2.51. The second-order valence-corrected chi connectivity index (χ2v) is 6.99. The van der Waals surface area contributed by atoms with Crippen LogP contribution in [0.2, 0.25) is 0 Å². The Labute approximate surface area is 130 Å². The predicted molar refractivity (Wildman–Crippen MR) is 78.4 cm³/mol. The lowest BCUT2D eigenvalue weighted by molar-refractivity contribution is -0.155. The van der Waals surface area contributed by atoms with Crippen LogP contribution in [0.4, 0.5) is 4.79 Å². The Bertz CT molecular complexity index is 489. The molecular weight excluding hydrogens is 286 g/mol. The van der Waals surface area contributed by atoms with Crippen LogP contribution in [0.15, 0.2) is 12.7 Å². The minimum Gasteiger partial charge on any atom is -0.481 e. The lowest BCUT2D eigenvalue weighted by Gasteiger charge is -2.42. The third kappa shape index (κ3) is 2.29. The van der Waals surface area contributed by atoms with Gasteiger partial charge in [-0.1, -0.05) is 12.7 Å². The van der Waals surface area contributed by atoms with Crippen molar-refractivity contribution in [2.24, 2.45) is 11.3 Å². The first-order valence-electron chi connectivity index (χ1n) is 7.84. The van der Waals surface area contributed by atoms with Crippen molar-refractivity contribution in [3.8, 4) is 0 Å². The van der Waals surface area contributed by atoms with Gasteiger partial charge < -0.3 is 19.5 Å². The summed E-state index contributed by atoms with van der Waals surface area (Å²) in [5.41, 5.74) is -0.964. The number of carboxylic acid groups (broad SMARTS) is 1. The third-order valence-corrected chi connectivity index (χ3v) is 5.31. The number of carboxylic acids is 1. The van der Waals surface area contributed by atoms with Crippen LogP contribution in [0.1, 0.15) is 32.6 Å². The molecule has 1 saturated carbocycles. The first-order chi connectivity index (χ1) is 10.4. The summed E-state index contributed by atoms with van der Waals surface area (Å²) in [6.45, 7) is 6.91. The number of amides is 1. The number of carbonyl (C=O) groups is 2. The Morgan fingerprint density at radius 3 is 2.59 bits per heavy atom. The average molecular weight is 309 g/mol. The highest BCUT2D eigenvalue weighted by Crippen LogP contribution is 2.63. The Kier molecular flexibility index (Phi) is 3.67. The van der Waals surface area contributed by atoms with Crippen LogP contribution in [0.25, 0.3) is 0 Å². The van der Waals surface area contributed by atoms with Gasteiger partial charge in [-0.05, 0) is 38.5 Å². The van der Waals surface area contributed by atoms with E-state index in [9.17, 15) is 14.7 Å². The minimum absolute atomic E-state index is 0.198. The molecule has 22 heavy (non-hydrogen) atoms. The Morgan fingerprint density at radius 2 is 2.05 bits per heavy atom. The van der Waals surface area contributed by atoms with Crippen LogP contribution in [0.5, 0.6) is 0 Å². The van der Waals surface area contributed by atoms with Crippen molar-refractivity contribution < 1.29 is 24.2 Å². The molecule has 122 valence electrons. The molecule has 1 unspecified atom stereocenters. The molecule has 0 radical (unpaired) electrons. The van der Waals surface area contributed by atoms with Crippen molar-refractivity contribution in [1.82, 2.24) is 4.90 Å². The molecule has 3 heterocycles. The van der Waals surface area contributed by atoms with Gasteiger partial charge in [0.1, 0.15) is 6.61 Å². The molecule has 4 aliphatic rings. The average Bonchev–Trinajstić information content (AvgIpc) is 2.94. The smallest absolute Gasteiger partial charge is 0.410 e. The lowest BCUT2D eigenvalue weighted by atomic mass is 9.58. The van der Waals surface area contributed by atoms with E-state index in [1.807, 2.05) is 6.92 Å². The van der Waals surface area contributed by atoms with E-state index >= 15 is 0 Å². The van der Waals surface area contributed by atoms with E-state index in [0.29, 0.717) is 25.9 Å². The molecule has 3 aliphatic heterocycles. The molecule has 0 spiro atoms. The summed E-state index contributed by atoms with van der Waals surface area (Å²) in [4.78, 5) is 25.2. The molecule has 1 aliphatic carbocycles. The molecule has 6 nitrogen and oxygen atoms in total. The van der Waals surface area contributed by atoms with Crippen molar-refractivity contribution in [3.05, 3.63) is 12.7 Å². The zero-order valence-corrected chi connectivity index (χ0v) is 12.9. The minimum atomic E-state index is -0.736. The van der Waals surface area contributed by atoms with Gasteiger partial charge in [0, 0.05) is 13.1 Å². The normalized spacial score (nSPS) is 37.5. The number of ether oxygens (including phenoxy) is 2. The number of rotatable bonds is 4. The Hall–Kier alpha value is -1.56. The quantitative estimate of drug-likeness (QED) is 0.804. The molecular formula is C16H23NO5. The van der Waals surface area contributed by atoms with Crippen LogP contribution in [-0.4, -0.2) is 53.5 Å². The Balaban J connectivity index is 1.59. The molecule has 0 aromatic heterocycles. The molecule has 4 rings (SSSR count). The van der Waals surface area contributed by atoms with Crippen LogP contribution < -0.4 is 0 Å². The van der Waals surface area contributed by atoms with Crippen LogP contribution >= 0.6 is 0 Å². The number of fused-ring (bicyclic) bond motifs is 1. The molecule has 6 heteroatoms. The summed E-state index contributed by atoms with van der Waals surface area (Å²) in [6.07, 6.45) is 3.75. The van der Waals surface area contributed by atoms with Crippen LogP contribution in [0.3, 0.4) is 0 Å². The molecule has 1 atom stereocenters. The Morgan fingerprint density at radius 1 is 1.41 bits per heavy atom. The van der Waals surface area contributed by atoms with Crippen LogP contribution in [-0.2, 0) is 14.3 Å². The van der Waals surface area contributed by atoms with E-state index in [-0.39, 0.29) is 30.3 Å². The molecule has 2 bridgehead atoms. The number of carbonyl (C=O) groups excluding carboxylic acids is 1. The van der Waals surface area contributed by atoms with E-state index in [2.05, 4.69) is 6.58 Å². The summed E-state index contributed by atoms with van der Waals surface area (Å²) in [5, 5.41) is 9.59. The van der Waals surface area contributed by atoms with E-state index in [1.165, 1.54) is 0 Å². The molecule has 1 N–H and O–H groups in total. The van der Waals surface area contributed by atoms with Gasteiger partial charge in [-0.15, -0.1) is 0 Å². The van der Waals surface area contributed by atoms with E-state index in [4.69, 9.17) is 9.47 Å². The number of hydrogen-bond acceptors (Lipinski definition) is 4. The van der Waals surface area contributed by atoms with Crippen molar-refractivity contribution >= 4 is 12.1 Å². The van der Waals surface area contributed by atoms with Crippen molar-refractivity contribution in [1.29, 1.82) is 0 Å². The van der Waals surface area contributed by atoms with Crippen molar-refractivity contribution in [2.75, 3.05) is 19.7 Å². The predicted octanol–water partition coefficient (Wildman–Crippen LogP) is 2.04. The third-order valence-electron chi connectivity index (χ3n) is 5.31. The van der Waals surface area contributed by atoms with Crippen molar-refractivity contribution in [3.63, 3.8) is 0 Å². The standard InChI is InChI=1S/C16H23NO5/c1-3-8-21-14(20)17-6-4-11(5-7-17)12-16(13(18)19)9-15(2,10-16)22-12/h3,11-12H,1,4-10H2,2H3,(H,18,19). The number of hydrogen-bond donors (Lipinski definition) is 1. The molecule has 1 amide bonds. The summed E-state index contributed by atoms with van der Waals surface area (Å²) >= 11 is 0. The van der Waals surface area contributed by atoms with Gasteiger partial charge in [-0.3, -0.25) is 4.79 Å². The number of nitrogens with zero attached hydrogens (tertiary/aromatic N) is 1. The second-order valence-electron chi connectivity index (χ2n) is 6.99. The maximum atomic E-state index is 11.8. The van der Waals surface area contributed by atoms with Gasteiger partial charge in [0.2, 0.25) is 0 Å². The maximum Gasteiger partial charge on any atom is 0.410 e. The van der Waals surface area contributed by atoms with Gasteiger partial charge in [0.15, 0.2) is 0 Å². The van der Waals surface area contributed by atoms with Gasteiger partial charge in [0.05, 0.1) is 17.1 Å². The molecule has 0 aromatic rings. The van der Waals surface area contributed by atoms with E-state index in [0.717, 1.165) is 12.8 Å². The van der Waals surface area contributed by atoms with Gasteiger partial charge in [-0.2, -0.15) is 0 Å². The largest absolute Gasteiger partial charge is 0.481 e. The van der Waals surface area contributed by atoms with E-state index < -0.39 is 11.4 Å². The van der Waals surface area contributed by atoms with Crippen molar-refractivity contribution in [2.45, 2.75) is 44.3 Å². The highest BCUT2D eigenvalue weighted by molar-refractivity contribution is 5.78. The van der Waals surface area contributed by atoms with Gasteiger partial charge in [0.25, 0.3) is 0 Å². The molecule has 0 aromatic carbocycles. The highest BCUT2D eigenvalue weighted by atomic mass is 16.6. The first kappa shape index (κ1) is 15.3. The number of piperidine rings is 1. The summed E-state index contributed by atoms with van der Waals surface area (Å²) in [7, 11) is 0. The SMILES string of the molecule is C=CCOC(=O)N1CCC(C2OC3(C)CC2(C(=O)O)C3)CC1. The fourth-order valence-electron chi connectivity index (χ4n) is 4.41. The maximum absolute atomic E-state index is 11.8.